The summed E-state index contributed by atoms with van der Waals surface area (Å²) < 4.78 is 0.570. The number of amides is 1. The molecule has 0 spiro atoms. The van der Waals surface area contributed by atoms with E-state index >= 15 is 0 Å². The summed E-state index contributed by atoms with van der Waals surface area (Å²) in [5.41, 5.74) is -0.0209. The van der Waals surface area contributed by atoms with Crippen molar-refractivity contribution >= 4 is 23.5 Å². The number of amidine groups is 1. The van der Waals surface area contributed by atoms with Crippen LogP contribution in [0.4, 0.5) is 4.79 Å². The highest BCUT2D eigenvalue weighted by molar-refractivity contribution is 6.31. The first-order valence-electron chi connectivity index (χ1n) is 3.16. The molecule has 6 nitrogen and oxygen atoms in total. The van der Waals surface area contributed by atoms with E-state index in [4.69, 9.17) is 27.3 Å². The van der Waals surface area contributed by atoms with Gasteiger partial charge in [-0.2, -0.15) is 4.73 Å². The molecule has 4 N–H and O–H groups in total. The Kier molecular flexibility index (Phi) is 2.43. The largest absolute Gasteiger partial charge is 0.465 e. The van der Waals surface area contributed by atoms with Gasteiger partial charge in [0.25, 0.3) is 0 Å². The summed E-state index contributed by atoms with van der Waals surface area (Å²) in [5, 5.41) is 26.5. The Morgan fingerprint density at radius 3 is 2.69 bits per heavy atom. The maximum absolute atomic E-state index is 10.1. The molecule has 1 rings (SSSR count). The number of nitrogens with zero attached hydrogens (tertiary/aromatic N) is 1. The molecule has 0 saturated carbocycles. The molecule has 13 heavy (non-hydrogen) atoms. The van der Waals surface area contributed by atoms with Crippen molar-refractivity contribution in [3.63, 3.8) is 0 Å². The minimum atomic E-state index is -1.37. The van der Waals surface area contributed by atoms with Gasteiger partial charge in [0.1, 0.15) is 5.69 Å². The van der Waals surface area contributed by atoms with Gasteiger partial charge in [0.15, 0.2) is 5.84 Å². The smallest absolute Gasteiger partial charge is 0.410 e. The molecular weight excluding hydrogens is 198 g/mol. The molecule has 0 aliphatic rings. The number of hydrogen-bond donors (Lipinski definition) is 4. The van der Waals surface area contributed by atoms with E-state index in [0.717, 1.165) is 6.20 Å². The van der Waals surface area contributed by atoms with Gasteiger partial charge >= 0.3 is 6.09 Å². The highest BCUT2D eigenvalue weighted by Gasteiger charge is 2.11. The zero-order chi connectivity index (χ0) is 10.0. The second-order valence-corrected chi connectivity index (χ2v) is 2.63. The van der Waals surface area contributed by atoms with Crippen molar-refractivity contribution in [1.29, 1.82) is 5.41 Å². The van der Waals surface area contributed by atoms with Crippen molar-refractivity contribution < 1.29 is 15.1 Å². The highest BCUT2D eigenvalue weighted by atomic mass is 35.5. The summed E-state index contributed by atoms with van der Waals surface area (Å²) in [4.78, 5) is 10.1. The SMILES string of the molecule is N=C(NC(=O)O)c1cc(Cl)cn1O. The van der Waals surface area contributed by atoms with E-state index in [-0.39, 0.29) is 10.7 Å². The van der Waals surface area contributed by atoms with Crippen LogP contribution in [0.3, 0.4) is 0 Å². The number of halogens is 1. The molecule has 0 aliphatic carbocycles. The Morgan fingerprint density at radius 2 is 2.31 bits per heavy atom. The molecule has 1 heterocycles. The van der Waals surface area contributed by atoms with Crippen molar-refractivity contribution in [1.82, 2.24) is 10.0 Å². The van der Waals surface area contributed by atoms with Crippen molar-refractivity contribution in [2.24, 2.45) is 0 Å². The third-order valence-electron chi connectivity index (χ3n) is 1.26. The minimum absolute atomic E-state index is 0.0209. The van der Waals surface area contributed by atoms with Gasteiger partial charge in [-0.15, -0.1) is 0 Å². The van der Waals surface area contributed by atoms with Gasteiger partial charge in [0, 0.05) is 0 Å². The van der Waals surface area contributed by atoms with Crippen LogP contribution >= 0.6 is 11.6 Å². The van der Waals surface area contributed by atoms with E-state index in [1.54, 1.807) is 5.32 Å². The maximum Gasteiger partial charge on any atom is 0.410 e. The molecule has 70 valence electrons. The highest BCUT2D eigenvalue weighted by Crippen LogP contribution is 2.11. The second kappa shape index (κ2) is 3.36. The number of nitrogens with one attached hydrogen (secondary N) is 2. The Morgan fingerprint density at radius 1 is 1.69 bits per heavy atom. The first-order valence-corrected chi connectivity index (χ1v) is 3.54. The summed E-state index contributed by atoms with van der Waals surface area (Å²) >= 11 is 5.49. The van der Waals surface area contributed by atoms with Crippen LogP contribution in [0.15, 0.2) is 12.3 Å². The van der Waals surface area contributed by atoms with E-state index < -0.39 is 11.9 Å². The molecular formula is C6H6ClN3O3. The molecule has 0 aliphatic heterocycles. The second-order valence-electron chi connectivity index (χ2n) is 2.19. The minimum Gasteiger partial charge on any atom is -0.465 e. The lowest BCUT2D eigenvalue weighted by atomic mass is 10.4. The monoisotopic (exact) mass is 203 g/mol. The van der Waals surface area contributed by atoms with Gasteiger partial charge in [-0.25, -0.2) is 4.79 Å². The molecule has 0 fully saturated rings. The molecule has 0 bridgehead atoms. The van der Waals surface area contributed by atoms with E-state index in [1.165, 1.54) is 6.07 Å². The molecule has 7 heteroatoms. The van der Waals surface area contributed by atoms with E-state index in [1.807, 2.05) is 0 Å². The van der Waals surface area contributed by atoms with Crippen LogP contribution in [-0.4, -0.2) is 27.0 Å². The zero-order valence-electron chi connectivity index (χ0n) is 6.28. The van der Waals surface area contributed by atoms with Gasteiger partial charge < -0.3 is 10.3 Å². The lowest BCUT2D eigenvalue weighted by Crippen LogP contribution is -2.30. The number of carbonyl (C=O) groups is 1. The van der Waals surface area contributed by atoms with Gasteiger partial charge in [-0.1, -0.05) is 11.6 Å². The predicted octanol–water partition coefficient (Wildman–Crippen LogP) is 0.972. The van der Waals surface area contributed by atoms with Crippen molar-refractivity contribution in [2.45, 2.75) is 0 Å². The first kappa shape index (κ1) is 9.40. The third kappa shape index (κ3) is 2.12. The van der Waals surface area contributed by atoms with Gasteiger partial charge in [0.05, 0.1) is 11.2 Å². The van der Waals surface area contributed by atoms with Crippen LogP contribution < -0.4 is 5.32 Å². The van der Waals surface area contributed by atoms with Gasteiger partial charge in [-0.05, 0) is 6.07 Å². The number of hydrogen-bond acceptors (Lipinski definition) is 3. The summed E-state index contributed by atoms with van der Waals surface area (Å²) in [6.45, 7) is 0. The number of aromatic nitrogens is 1. The quantitative estimate of drug-likeness (QED) is 0.311. The third-order valence-corrected chi connectivity index (χ3v) is 1.46. The van der Waals surface area contributed by atoms with Crippen LogP contribution in [0.5, 0.6) is 0 Å². The molecule has 0 radical (unpaired) electrons. The summed E-state index contributed by atoms with van der Waals surface area (Å²) in [7, 11) is 0. The lowest BCUT2D eigenvalue weighted by Gasteiger charge is -2.02. The van der Waals surface area contributed by atoms with E-state index in [2.05, 4.69) is 0 Å². The molecule has 1 aromatic rings. The van der Waals surface area contributed by atoms with Crippen molar-refractivity contribution in [2.75, 3.05) is 0 Å². The van der Waals surface area contributed by atoms with Crippen LogP contribution in [0, 0.1) is 5.41 Å². The van der Waals surface area contributed by atoms with Crippen LogP contribution in [0.25, 0.3) is 0 Å². The average molecular weight is 204 g/mol. The summed E-state index contributed by atoms with van der Waals surface area (Å²) in [6, 6.07) is 1.26. The topological polar surface area (TPSA) is 98.3 Å². The molecule has 1 aromatic heterocycles. The zero-order valence-corrected chi connectivity index (χ0v) is 7.04. The van der Waals surface area contributed by atoms with Crippen LogP contribution in [-0.2, 0) is 0 Å². The van der Waals surface area contributed by atoms with Crippen molar-refractivity contribution in [3.05, 3.63) is 23.0 Å². The molecule has 0 unspecified atom stereocenters. The van der Waals surface area contributed by atoms with Crippen LogP contribution in [0.1, 0.15) is 5.69 Å². The predicted molar refractivity (Wildman–Crippen MR) is 44.6 cm³/mol. The summed E-state index contributed by atoms with van der Waals surface area (Å²) in [6.07, 6.45) is -0.225. The fraction of sp³-hybridized carbons (Fsp3) is 0. The Bertz CT molecular complexity index is 360. The Hall–Kier alpha value is -1.69. The molecule has 0 atom stereocenters. The maximum atomic E-state index is 10.1. The average Bonchev–Trinajstić information content (AvgIpc) is 2.28. The summed E-state index contributed by atoms with van der Waals surface area (Å²) in [5.74, 6) is -0.443. The standard InChI is InChI=1S/C6H6ClN3O3/c7-3-1-4(10(13)2-3)5(8)9-6(11)12/h1-2,13H,(H2,8,9)(H,11,12). The normalized spacial score (nSPS) is 9.62. The molecule has 0 saturated heterocycles. The molecule has 1 amide bonds. The van der Waals surface area contributed by atoms with Crippen molar-refractivity contribution in [3.8, 4) is 0 Å². The van der Waals surface area contributed by atoms with Gasteiger partial charge in [-0.3, -0.25) is 10.7 Å². The fourth-order valence-electron chi connectivity index (χ4n) is 0.778. The van der Waals surface area contributed by atoms with Crippen LogP contribution in [0.2, 0.25) is 5.02 Å². The lowest BCUT2D eigenvalue weighted by molar-refractivity contribution is 0.184. The van der Waals surface area contributed by atoms with E-state index in [9.17, 15) is 4.79 Å². The Labute approximate surface area is 77.8 Å². The first-order chi connectivity index (χ1) is 6.00. The Balaban J connectivity index is 2.88. The molecule has 0 aromatic carbocycles. The fourth-order valence-corrected chi connectivity index (χ4v) is 0.974. The number of carboxylic acid groups (broad SMARTS) is 1. The van der Waals surface area contributed by atoms with E-state index in [0.29, 0.717) is 4.73 Å². The number of rotatable bonds is 1. The van der Waals surface area contributed by atoms with Gasteiger partial charge in [0.2, 0.25) is 0 Å².